The summed E-state index contributed by atoms with van der Waals surface area (Å²) in [6.07, 6.45) is 3.81. The Bertz CT molecular complexity index is 1370. The fraction of sp³-hybridized carbons (Fsp3) is 0.208. The van der Waals surface area contributed by atoms with Crippen molar-refractivity contribution in [2.45, 2.75) is 33.2 Å². The first-order chi connectivity index (χ1) is 15.6. The maximum absolute atomic E-state index is 6.29. The lowest BCUT2D eigenvalue weighted by Crippen LogP contribution is -2.06. The second-order valence-electron chi connectivity index (χ2n) is 7.80. The molecule has 0 spiro atoms. The number of H-pyrrole nitrogens is 1. The number of benzene rings is 2. The van der Waals surface area contributed by atoms with Gasteiger partial charge >= 0.3 is 0 Å². The molecule has 2 aromatic carbocycles. The molecule has 1 N–H and O–H groups in total. The molecule has 0 saturated heterocycles. The number of halogens is 1. The first-order valence-corrected chi connectivity index (χ1v) is 11.0. The zero-order valence-corrected chi connectivity index (χ0v) is 18.6. The van der Waals surface area contributed by atoms with Gasteiger partial charge in [0.1, 0.15) is 11.3 Å². The molecule has 8 heteroatoms. The molecule has 3 aromatic heterocycles. The number of hydrogen-bond donors (Lipinski definition) is 1. The van der Waals surface area contributed by atoms with Crippen LogP contribution in [0.25, 0.3) is 33.7 Å². The number of hydrogen-bond acceptors (Lipinski definition) is 5. The van der Waals surface area contributed by atoms with E-state index < -0.39 is 0 Å². The number of aromatic amines is 1. The SMILES string of the molecule is CCCc1nc2c(C)ccnc2n1Cc1ccc(-c2cc(Cl)ccc2-c2nnn[nH]2)cc1. The number of rotatable bonds is 6. The molecule has 0 amide bonds. The maximum Gasteiger partial charge on any atom is 0.180 e. The maximum atomic E-state index is 6.29. The fourth-order valence-corrected chi connectivity index (χ4v) is 4.14. The van der Waals surface area contributed by atoms with Crippen molar-refractivity contribution in [1.82, 2.24) is 35.2 Å². The average molecular weight is 444 g/mol. The van der Waals surface area contributed by atoms with E-state index in [1.807, 2.05) is 30.5 Å². The van der Waals surface area contributed by atoms with E-state index >= 15 is 0 Å². The second-order valence-corrected chi connectivity index (χ2v) is 8.24. The van der Waals surface area contributed by atoms with Crippen LogP contribution in [0.3, 0.4) is 0 Å². The van der Waals surface area contributed by atoms with E-state index in [9.17, 15) is 0 Å². The van der Waals surface area contributed by atoms with Gasteiger partial charge in [0, 0.05) is 23.2 Å². The van der Waals surface area contributed by atoms with Gasteiger partial charge < -0.3 is 4.57 Å². The summed E-state index contributed by atoms with van der Waals surface area (Å²) >= 11 is 6.29. The number of pyridine rings is 1. The third-order valence-corrected chi connectivity index (χ3v) is 5.81. The molecule has 0 aliphatic heterocycles. The van der Waals surface area contributed by atoms with Gasteiger partial charge in [0.25, 0.3) is 0 Å². The highest BCUT2D eigenvalue weighted by atomic mass is 35.5. The van der Waals surface area contributed by atoms with Crippen molar-refractivity contribution < 1.29 is 0 Å². The minimum atomic E-state index is 0.608. The molecule has 0 bridgehead atoms. The van der Waals surface area contributed by atoms with Gasteiger partial charge in [0.05, 0.1) is 6.54 Å². The highest BCUT2D eigenvalue weighted by Gasteiger charge is 2.15. The van der Waals surface area contributed by atoms with Crippen LogP contribution in [0.15, 0.2) is 54.7 Å². The molecule has 5 rings (SSSR count). The summed E-state index contributed by atoms with van der Waals surface area (Å²) in [6, 6.07) is 16.2. The van der Waals surface area contributed by atoms with E-state index in [0.29, 0.717) is 10.8 Å². The van der Waals surface area contributed by atoms with Crippen LogP contribution in [-0.2, 0) is 13.0 Å². The van der Waals surface area contributed by atoms with E-state index in [1.165, 1.54) is 5.56 Å². The van der Waals surface area contributed by atoms with Crippen LogP contribution in [0.2, 0.25) is 5.02 Å². The summed E-state index contributed by atoms with van der Waals surface area (Å²) in [5.74, 6) is 1.68. The lowest BCUT2D eigenvalue weighted by Gasteiger charge is -2.11. The Morgan fingerprint density at radius 3 is 2.62 bits per heavy atom. The molecule has 160 valence electrons. The van der Waals surface area contributed by atoms with Crippen LogP contribution >= 0.6 is 11.6 Å². The Kier molecular flexibility index (Phi) is 5.41. The molecule has 0 unspecified atom stereocenters. The van der Waals surface area contributed by atoms with Gasteiger partial charge in [0.15, 0.2) is 11.5 Å². The third-order valence-electron chi connectivity index (χ3n) is 5.58. The Labute approximate surface area is 190 Å². The Morgan fingerprint density at radius 2 is 1.88 bits per heavy atom. The smallest absolute Gasteiger partial charge is 0.180 e. The molecular weight excluding hydrogens is 422 g/mol. The standard InChI is InChI=1S/C24H22ClN7/c1-3-4-21-27-22-15(2)11-12-26-24(22)32(21)14-16-5-7-17(8-6-16)20-13-18(25)9-10-19(20)23-28-30-31-29-23/h5-13H,3-4,14H2,1-2H3,(H,28,29,30,31). The van der Waals surface area contributed by atoms with Gasteiger partial charge in [-0.15, -0.1) is 5.10 Å². The molecule has 0 radical (unpaired) electrons. The zero-order chi connectivity index (χ0) is 22.1. The van der Waals surface area contributed by atoms with Crippen molar-refractivity contribution in [3.05, 3.63) is 76.7 Å². The lowest BCUT2D eigenvalue weighted by molar-refractivity contribution is 0.717. The number of tetrazole rings is 1. The molecule has 3 heterocycles. The summed E-state index contributed by atoms with van der Waals surface area (Å²) in [6.45, 7) is 4.97. The number of nitrogens with zero attached hydrogens (tertiary/aromatic N) is 6. The monoisotopic (exact) mass is 443 g/mol. The Hall–Kier alpha value is -3.58. The predicted octanol–water partition coefficient (Wildman–Crippen LogP) is 5.24. The van der Waals surface area contributed by atoms with Crippen molar-refractivity contribution in [2.24, 2.45) is 0 Å². The molecule has 7 nitrogen and oxygen atoms in total. The number of fused-ring (bicyclic) bond motifs is 1. The number of nitrogens with one attached hydrogen (secondary N) is 1. The van der Waals surface area contributed by atoms with Gasteiger partial charge in [-0.3, -0.25) is 0 Å². The van der Waals surface area contributed by atoms with Crippen LogP contribution < -0.4 is 0 Å². The lowest BCUT2D eigenvalue weighted by atomic mass is 9.98. The first-order valence-electron chi connectivity index (χ1n) is 10.6. The van der Waals surface area contributed by atoms with E-state index in [-0.39, 0.29) is 0 Å². The highest BCUT2D eigenvalue weighted by Crippen LogP contribution is 2.32. The summed E-state index contributed by atoms with van der Waals surface area (Å²) < 4.78 is 2.23. The van der Waals surface area contributed by atoms with Gasteiger partial charge in [-0.1, -0.05) is 42.8 Å². The molecule has 0 aliphatic carbocycles. The van der Waals surface area contributed by atoms with Gasteiger partial charge in [-0.25, -0.2) is 15.1 Å². The highest BCUT2D eigenvalue weighted by molar-refractivity contribution is 6.31. The fourth-order valence-electron chi connectivity index (χ4n) is 3.97. The molecule has 0 saturated carbocycles. The average Bonchev–Trinajstić information content (AvgIpc) is 3.45. The van der Waals surface area contributed by atoms with E-state index in [4.69, 9.17) is 16.6 Å². The summed E-state index contributed by atoms with van der Waals surface area (Å²) in [7, 11) is 0. The zero-order valence-electron chi connectivity index (χ0n) is 17.9. The van der Waals surface area contributed by atoms with Crippen LogP contribution in [0.5, 0.6) is 0 Å². The van der Waals surface area contributed by atoms with Crippen LogP contribution in [0.4, 0.5) is 0 Å². The van der Waals surface area contributed by atoms with E-state index in [1.54, 1.807) is 0 Å². The quantitative estimate of drug-likeness (QED) is 0.388. The topological polar surface area (TPSA) is 85.2 Å². The first kappa shape index (κ1) is 20.3. The molecule has 0 aliphatic rings. The van der Waals surface area contributed by atoms with Crippen LogP contribution in [-0.4, -0.2) is 35.2 Å². The van der Waals surface area contributed by atoms with Gasteiger partial charge in [0.2, 0.25) is 0 Å². The van der Waals surface area contributed by atoms with Crippen molar-refractivity contribution in [1.29, 1.82) is 0 Å². The summed E-state index contributed by atoms with van der Waals surface area (Å²) in [4.78, 5) is 9.50. The van der Waals surface area contributed by atoms with Crippen molar-refractivity contribution >= 4 is 22.8 Å². The number of imidazole rings is 1. The normalized spacial score (nSPS) is 11.3. The molecular formula is C24H22ClN7. The van der Waals surface area contributed by atoms with E-state index in [2.05, 4.69) is 68.3 Å². The van der Waals surface area contributed by atoms with Crippen molar-refractivity contribution in [3.63, 3.8) is 0 Å². The second kappa shape index (κ2) is 8.51. The van der Waals surface area contributed by atoms with Gasteiger partial charge in [-0.2, -0.15) is 0 Å². The molecule has 0 atom stereocenters. The third kappa shape index (κ3) is 3.76. The predicted molar refractivity (Wildman–Crippen MR) is 125 cm³/mol. The largest absolute Gasteiger partial charge is 0.308 e. The van der Waals surface area contributed by atoms with E-state index in [0.717, 1.165) is 58.6 Å². The Balaban J connectivity index is 1.51. The van der Waals surface area contributed by atoms with Gasteiger partial charge in [-0.05, 0) is 70.3 Å². The number of aryl methyl sites for hydroxylation is 2. The van der Waals surface area contributed by atoms with Crippen molar-refractivity contribution in [2.75, 3.05) is 0 Å². The molecule has 0 fully saturated rings. The molecule has 32 heavy (non-hydrogen) atoms. The summed E-state index contributed by atoms with van der Waals surface area (Å²) in [5, 5.41) is 14.9. The minimum Gasteiger partial charge on any atom is -0.308 e. The number of aromatic nitrogens is 7. The minimum absolute atomic E-state index is 0.608. The van der Waals surface area contributed by atoms with Crippen LogP contribution in [0.1, 0.15) is 30.3 Å². The van der Waals surface area contributed by atoms with Crippen molar-refractivity contribution in [3.8, 4) is 22.5 Å². The molecule has 5 aromatic rings. The Morgan fingerprint density at radius 1 is 1.03 bits per heavy atom. The summed E-state index contributed by atoms with van der Waals surface area (Å²) in [5.41, 5.74) is 7.16. The van der Waals surface area contributed by atoms with Crippen LogP contribution in [0, 0.1) is 6.92 Å².